The molecule has 1 fully saturated rings. The maximum atomic E-state index is 13.0. The van der Waals surface area contributed by atoms with E-state index < -0.39 is 59.8 Å². The standard InChI is InChI=1S/C61H98O12S/c1-3-5-7-9-11-13-15-17-19-21-23-25-27-29-31-33-35-37-39-41-43-45-47-49-51-69-53-55(54-70-61-59(65)60(73-74(66,67)68)58(64)56(52-62)72-61)71-57(63)50-48-46-44-42-40-38-36-34-32-30-28-26-24-22-20-18-16-14-12-10-8-6-4-2/h5-8,11-14,17-20,23-26,29-32,35,37,55-56,58-62,64-65H,3-4,9-10,15-16,21-22,27-28,33-34,36,38-54H2,1-2H3,(H,66,67,68)/b7-5-,8-6-,13-11-,14-12-,19-17-,20-18-,25-23-,26-24-,31-29-,32-30-,37-35-. The Morgan fingerprint density at radius 1 is 0.514 bits per heavy atom. The first-order valence-electron chi connectivity index (χ1n) is 27.9. The second-order valence-electron chi connectivity index (χ2n) is 18.4. The Bertz CT molecular complexity index is 1790. The average molecular weight is 1060 g/mol. The van der Waals surface area contributed by atoms with Gasteiger partial charge in [-0.15, -0.1) is 0 Å². The summed E-state index contributed by atoms with van der Waals surface area (Å²) in [6.45, 7) is 3.69. The third-order valence-electron chi connectivity index (χ3n) is 11.8. The number of carbonyl (C=O) groups excluding carboxylic acids is 1. The van der Waals surface area contributed by atoms with E-state index in [0.717, 1.165) is 148 Å². The van der Waals surface area contributed by atoms with Crippen LogP contribution in [0.1, 0.15) is 181 Å². The fourth-order valence-electron chi connectivity index (χ4n) is 7.64. The van der Waals surface area contributed by atoms with Crippen LogP contribution in [0.3, 0.4) is 0 Å². The Morgan fingerprint density at radius 3 is 1.30 bits per heavy atom. The molecular weight excluding hydrogens is 957 g/mol. The van der Waals surface area contributed by atoms with Gasteiger partial charge in [-0.2, -0.15) is 8.42 Å². The van der Waals surface area contributed by atoms with Crippen molar-refractivity contribution in [3.63, 3.8) is 0 Å². The summed E-state index contributed by atoms with van der Waals surface area (Å²) < 4.78 is 59.4. The van der Waals surface area contributed by atoms with Gasteiger partial charge >= 0.3 is 16.4 Å². The predicted octanol–water partition coefficient (Wildman–Crippen LogP) is 13.9. The van der Waals surface area contributed by atoms with Gasteiger partial charge in [0.2, 0.25) is 0 Å². The molecule has 0 aromatic carbocycles. The number of hydrogen-bond donors (Lipinski definition) is 4. The summed E-state index contributed by atoms with van der Waals surface area (Å²) in [4.78, 5) is 13.0. The minimum atomic E-state index is -5.08. The lowest BCUT2D eigenvalue weighted by Crippen LogP contribution is -2.60. The third kappa shape index (κ3) is 42.5. The minimum Gasteiger partial charge on any atom is -0.457 e. The van der Waals surface area contributed by atoms with Crippen LogP contribution in [0.5, 0.6) is 0 Å². The largest absolute Gasteiger partial charge is 0.457 e. The van der Waals surface area contributed by atoms with Crippen LogP contribution >= 0.6 is 0 Å². The first-order valence-corrected chi connectivity index (χ1v) is 29.3. The lowest BCUT2D eigenvalue weighted by Gasteiger charge is -2.41. The summed E-state index contributed by atoms with van der Waals surface area (Å²) in [5.74, 6) is -0.424. The van der Waals surface area contributed by atoms with Crippen molar-refractivity contribution in [2.45, 2.75) is 218 Å². The number of aliphatic hydroxyl groups excluding tert-OH is 3. The zero-order chi connectivity index (χ0) is 53.8. The van der Waals surface area contributed by atoms with E-state index in [2.05, 4.69) is 152 Å². The monoisotopic (exact) mass is 1050 g/mol. The van der Waals surface area contributed by atoms with Crippen LogP contribution in [-0.2, 0) is 38.3 Å². The number of esters is 1. The Kier molecular flexibility index (Phi) is 46.2. The van der Waals surface area contributed by atoms with Crippen molar-refractivity contribution < 1.29 is 56.2 Å². The molecule has 13 heteroatoms. The molecule has 0 amide bonds. The van der Waals surface area contributed by atoms with Gasteiger partial charge in [0.15, 0.2) is 6.29 Å². The molecule has 0 aromatic rings. The Morgan fingerprint density at radius 2 is 0.892 bits per heavy atom. The van der Waals surface area contributed by atoms with E-state index >= 15 is 0 Å². The zero-order valence-electron chi connectivity index (χ0n) is 45.3. The molecule has 0 aliphatic carbocycles. The summed E-state index contributed by atoms with van der Waals surface area (Å²) in [6.07, 6.45) is 64.7. The normalized spacial score (nSPS) is 19.8. The van der Waals surface area contributed by atoms with Crippen molar-refractivity contribution in [3.8, 4) is 0 Å². The van der Waals surface area contributed by atoms with Crippen molar-refractivity contribution >= 4 is 16.4 Å². The van der Waals surface area contributed by atoms with Gasteiger partial charge in [0.05, 0.1) is 19.8 Å². The molecule has 6 atom stereocenters. The molecule has 1 saturated heterocycles. The van der Waals surface area contributed by atoms with Gasteiger partial charge in [-0.3, -0.25) is 9.35 Å². The van der Waals surface area contributed by atoms with E-state index in [1.807, 2.05) is 0 Å². The van der Waals surface area contributed by atoms with E-state index in [1.54, 1.807) is 0 Å². The molecule has 0 saturated carbocycles. The van der Waals surface area contributed by atoms with Gasteiger partial charge in [-0.05, 0) is 109 Å². The molecule has 1 aliphatic rings. The van der Waals surface area contributed by atoms with Crippen molar-refractivity contribution in [1.29, 1.82) is 0 Å². The van der Waals surface area contributed by atoms with Gasteiger partial charge in [0.1, 0.15) is 30.5 Å². The number of hydrogen-bond acceptors (Lipinski definition) is 11. The van der Waals surface area contributed by atoms with Gasteiger partial charge in [-0.1, -0.05) is 199 Å². The molecule has 12 nitrogen and oxygen atoms in total. The highest BCUT2D eigenvalue weighted by atomic mass is 32.3. The summed E-state index contributed by atoms with van der Waals surface area (Å²) in [5.41, 5.74) is 0. The number of ether oxygens (including phenoxy) is 4. The van der Waals surface area contributed by atoms with Crippen LogP contribution < -0.4 is 0 Å². The molecule has 0 aromatic heterocycles. The van der Waals surface area contributed by atoms with E-state index in [9.17, 15) is 33.1 Å². The lowest BCUT2D eigenvalue weighted by molar-refractivity contribution is -0.301. The molecule has 1 aliphatic heterocycles. The van der Waals surface area contributed by atoms with Crippen LogP contribution in [0.4, 0.5) is 0 Å². The summed E-state index contributed by atoms with van der Waals surface area (Å²) >= 11 is 0. The molecule has 0 bridgehead atoms. The van der Waals surface area contributed by atoms with Crippen molar-refractivity contribution in [2.24, 2.45) is 0 Å². The van der Waals surface area contributed by atoms with Gasteiger partial charge in [0, 0.05) is 13.0 Å². The molecular formula is C61H98O12S. The molecule has 420 valence electrons. The zero-order valence-corrected chi connectivity index (χ0v) is 46.2. The summed E-state index contributed by atoms with van der Waals surface area (Å²) in [7, 11) is -5.08. The summed E-state index contributed by atoms with van der Waals surface area (Å²) in [5, 5.41) is 30.8. The first-order chi connectivity index (χ1) is 36.1. The number of unbranched alkanes of at least 4 members (excludes halogenated alkanes) is 12. The highest BCUT2D eigenvalue weighted by Gasteiger charge is 2.48. The topological polar surface area (TPSA) is 178 Å². The van der Waals surface area contributed by atoms with E-state index in [4.69, 9.17) is 18.9 Å². The van der Waals surface area contributed by atoms with E-state index in [-0.39, 0.29) is 19.6 Å². The predicted molar refractivity (Wildman–Crippen MR) is 303 cm³/mol. The smallest absolute Gasteiger partial charge is 0.397 e. The number of aliphatic hydroxyl groups is 3. The maximum Gasteiger partial charge on any atom is 0.397 e. The second-order valence-corrected chi connectivity index (χ2v) is 19.5. The maximum absolute atomic E-state index is 13.0. The van der Waals surface area contributed by atoms with Crippen molar-refractivity contribution in [1.82, 2.24) is 0 Å². The van der Waals surface area contributed by atoms with Gasteiger partial charge in [-0.25, -0.2) is 4.18 Å². The molecule has 4 N–H and O–H groups in total. The van der Waals surface area contributed by atoms with E-state index in [1.165, 1.54) is 6.42 Å². The SMILES string of the molecule is CC/C=C\C/C=C\C/C=C\C/C=C\C/C=C\C/C=C\CCCCCCCOCC(COC1OC(CO)C(O)C(OS(=O)(=O)O)C1O)OC(=O)CCCCCCCCC/C=C\C/C=C\C/C=C\C/C=C\C/C=C\CC. The molecule has 6 unspecified atom stereocenters. The van der Waals surface area contributed by atoms with Crippen LogP contribution in [0, 0.1) is 0 Å². The molecule has 74 heavy (non-hydrogen) atoms. The fraction of sp³-hybridized carbons (Fsp3) is 0.623. The lowest BCUT2D eigenvalue weighted by atomic mass is 9.99. The van der Waals surface area contributed by atoms with Crippen molar-refractivity contribution in [3.05, 3.63) is 134 Å². The Balaban J connectivity index is 2.37. The van der Waals surface area contributed by atoms with Crippen LogP contribution in [0.25, 0.3) is 0 Å². The number of carbonyl (C=O) groups is 1. The quantitative estimate of drug-likeness (QED) is 0.0197. The highest BCUT2D eigenvalue weighted by molar-refractivity contribution is 7.80. The minimum absolute atomic E-state index is 0.00780. The molecule has 1 heterocycles. The van der Waals surface area contributed by atoms with Crippen LogP contribution in [0.15, 0.2) is 134 Å². The highest BCUT2D eigenvalue weighted by Crippen LogP contribution is 2.26. The fourth-order valence-corrected chi connectivity index (χ4v) is 8.15. The number of rotatable bonds is 47. The molecule has 0 radical (unpaired) electrons. The molecule has 1 rings (SSSR count). The van der Waals surface area contributed by atoms with Crippen molar-refractivity contribution in [2.75, 3.05) is 26.4 Å². The first kappa shape index (κ1) is 68.3. The van der Waals surface area contributed by atoms with E-state index in [0.29, 0.717) is 13.0 Å². The van der Waals surface area contributed by atoms with Gasteiger partial charge in [0.25, 0.3) is 0 Å². The van der Waals surface area contributed by atoms with Crippen LogP contribution in [-0.4, -0.2) is 97.5 Å². The van der Waals surface area contributed by atoms with Gasteiger partial charge < -0.3 is 34.3 Å². The molecule has 0 spiro atoms. The second kappa shape index (κ2) is 50.1. The third-order valence-corrected chi connectivity index (χ3v) is 12.2. The summed E-state index contributed by atoms with van der Waals surface area (Å²) in [6, 6.07) is 0. The average Bonchev–Trinajstić information content (AvgIpc) is 3.38. The number of allylic oxidation sites excluding steroid dienone is 22. The Hall–Kier alpha value is -3.76. The Labute approximate surface area is 448 Å². The van der Waals surface area contributed by atoms with Crippen LogP contribution in [0.2, 0.25) is 0 Å².